The summed E-state index contributed by atoms with van der Waals surface area (Å²) in [5.41, 5.74) is 0. The molecule has 0 aliphatic rings. The van der Waals surface area contributed by atoms with E-state index in [0.29, 0.717) is 19.8 Å². The van der Waals surface area contributed by atoms with Gasteiger partial charge in [-0.25, -0.2) is 0 Å². The molecule has 0 aliphatic heterocycles. The summed E-state index contributed by atoms with van der Waals surface area (Å²) in [7, 11) is -2.35. The molecule has 0 saturated carbocycles. The quantitative estimate of drug-likeness (QED) is 0.401. The van der Waals surface area contributed by atoms with Crippen LogP contribution in [0.2, 0.25) is 6.04 Å². The van der Waals surface area contributed by atoms with Crippen molar-refractivity contribution in [3.8, 4) is 0 Å². The van der Waals surface area contributed by atoms with Gasteiger partial charge in [-0.05, 0) is 27.2 Å². The van der Waals surface area contributed by atoms with Crippen molar-refractivity contribution < 1.29 is 18.0 Å². The summed E-state index contributed by atoms with van der Waals surface area (Å²) < 4.78 is 17.4. The molecule has 0 aromatic rings. The Morgan fingerprint density at radius 3 is 1.50 bits per heavy atom. The second-order valence-electron chi connectivity index (χ2n) is 3.79. The van der Waals surface area contributed by atoms with E-state index in [4.69, 9.17) is 13.3 Å². The molecule has 5 radical (unpaired) electrons. The van der Waals surface area contributed by atoms with Crippen LogP contribution >= 0.6 is 0 Å². The van der Waals surface area contributed by atoms with Crippen LogP contribution in [0.3, 0.4) is 0 Å². The Morgan fingerprint density at radius 1 is 0.722 bits per heavy atom. The van der Waals surface area contributed by atoms with Gasteiger partial charge >= 0.3 is 8.80 Å². The van der Waals surface area contributed by atoms with Crippen molar-refractivity contribution in [2.45, 2.75) is 59.4 Å². The van der Waals surface area contributed by atoms with Crippen LogP contribution in [0.5, 0.6) is 0 Å². The SMILES string of the molecule is CCCCCC[Si](OCC)(OCC)OCC.[F].[Sn]. The molecule has 0 aliphatic carbocycles. The van der Waals surface area contributed by atoms with Crippen molar-refractivity contribution in [3.63, 3.8) is 0 Å². The van der Waals surface area contributed by atoms with Crippen LogP contribution < -0.4 is 0 Å². The van der Waals surface area contributed by atoms with E-state index in [1.54, 1.807) is 0 Å². The second kappa shape index (κ2) is 15.9. The summed E-state index contributed by atoms with van der Waals surface area (Å²) in [6.07, 6.45) is 4.94. The zero-order valence-corrected chi connectivity index (χ0v) is 16.1. The standard InChI is InChI=1S/C12H28O3Si.F.Sn/c1-5-9-10-11-12-16(13-6-2,14-7-3)15-8-4;;/h5-12H2,1-4H3;;. The molecule has 18 heavy (non-hydrogen) atoms. The smallest absolute Gasteiger partial charge is 0.374 e. The first-order valence-electron chi connectivity index (χ1n) is 6.66. The molecule has 0 spiro atoms. The molecular formula is C12H28FO3SiSn. The van der Waals surface area contributed by atoms with Crippen molar-refractivity contribution in [1.29, 1.82) is 0 Å². The molecule has 0 saturated heterocycles. The van der Waals surface area contributed by atoms with Crippen LogP contribution in [-0.2, 0) is 13.3 Å². The molecule has 3 nitrogen and oxygen atoms in total. The number of hydrogen-bond donors (Lipinski definition) is 0. The van der Waals surface area contributed by atoms with Gasteiger partial charge in [-0.2, -0.15) is 0 Å². The molecule has 0 aromatic heterocycles. The average molecular weight is 386 g/mol. The van der Waals surface area contributed by atoms with E-state index in [1.165, 1.54) is 19.3 Å². The van der Waals surface area contributed by atoms with Gasteiger partial charge in [0.1, 0.15) is 0 Å². The minimum absolute atomic E-state index is 0. The summed E-state index contributed by atoms with van der Waals surface area (Å²) in [5.74, 6) is 0. The van der Waals surface area contributed by atoms with Crippen molar-refractivity contribution in [1.82, 2.24) is 0 Å². The van der Waals surface area contributed by atoms with Gasteiger partial charge in [0.05, 0.1) is 0 Å². The molecule has 0 unspecified atom stereocenters. The van der Waals surface area contributed by atoms with Gasteiger partial charge in [-0.1, -0.05) is 26.2 Å². The maximum absolute atomic E-state index is 5.79. The zero-order valence-electron chi connectivity index (χ0n) is 12.3. The molecule has 0 heterocycles. The van der Waals surface area contributed by atoms with Crippen LogP contribution in [0, 0.1) is 0 Å². The molecule has 6 heteroatoms. The largest absolute Gasteiger partial charge is 0.500 e. The fourth-order valence-electron chi connectivity index (χ4n) is 1.77. The molecule has 0 fully saturated rings. The second-order valence-corrected chi connectivity index (χ2v) is 6.52. The third kappa shape index (κ3) is 10.7. The molecule has 0 atom stereocenters. The Morgan fingerprint density at radius 2 is 1.17 bits per heavy atom. The summed E-state index contributed by atoms with van der Waals surface area (Å²) >= 11 is 0. The van der Waals surface area contributed by atoms with Crippen LogP contribution in [0.15, 0.2) is 0 Å². The summed E-state index contributed by atoms with van der Waals surface area (Å²) in [6, 6.07) is 0.961. The van der Waals surface area contributed by atoms with E-state index in [9.17, 15) is 0 Å². The third-order valence-corrected chi connectivity index (χ3v) is 5.58. The van der Waals surface area contributed by atoms with Crippen molar-refractivity contribution in [2.75, 3.05) is 19.8 Å². The fourth-order valence-corrected chi connectivity index (χ4v) is 4.46. The van der Waals surface area contributed by atoms with Crippen molar-refractivity contribution in [3.05, 3.63) is 0 Å². The molecule has 0 bridgehead atoms. The van der Waals surface area contributed by atoms with Crippen LogP contribution in [-0.4, -0.2) is 52.5 Å². The number of hydrogen-bond acceptors (Lipinski definition) is 3. The minimum atomic E-state index is -2.35. The number of unbranched alkanes of at least 4 members (excludes halogenated alkanes) is 3. The molecule has 0 aromatic carbocycles. The molecule has 109 valence electrons. The van der Waals surface area contributed by atoms with Crippen molar-refractivity contribution in [2.24, 2.45) is 0 Å². The predicted molar refractivity (Wildman–Crippen MR) is 76.4 cm³/mol. The van der Waals surface area contributed by atoms with Crippen LogP contribution in [0.25, 0.3) is 0 Å². The van der Waals surface area contributed by atoms with Crippen LogP contribution in [0.4, 0.5) is 4.70 Å². The Balaban J connectivity index is -0.00000112. The average Bonchev–Trinajstić information content (AvgIpc) is 2.26. The molecule has 0 N–H and O–H groups in total. The number of halogens is 1. The van der Waals surface area contributed by atoms with E-state index in [2.05, 4.69) is 6.92 Å². The summed E-state index contributed by atoms with van der Waals surface area (Å²) in [6.45, 7) is 10.3. The van der Waals surface area contributed by atoms with Crippen molar-refractivity contribution >= 4 is 32.7 Å². The first-order chi connectivity index (χ1) is 7.74. The Hall–Kier alpha value is 0.826. The minimum Gasteiger partial charge on any atom is -0.374 e. The first kappa shape index (κ1) is 23.9. The first-order valence-corrected chi connectivity index (χ1v) is 8.59. The normalized spacial score (nSPS) is 10.7. The van der Waals surface area contributed by atoms with E-state index in [-0.39, 0.29) is 28.6 Å². The molecular weight excluding hydrogens is 358 g/mol. The molecule has 0 rings (SSSR count). The van der Waals surface area contributed by atoms with Gasteiger partial charge in [0.15, 0.2) is 0 Å². The zero-order chi connectivity index (χ0) is 12.3. The predicted octanol–water partition coefficient (Wildman–Crippen LogP) is 3.65. The molecule has 0 amide bonds. The van der Waals surface area contributed by atoms with Gasteiger partial charge < -0.3 is 13.3 Å². The monoisotopic (exact) mass is 387 g/mol. The summed E-state index contributed by atoms with van der Waals surface area (Å²) in [4.78, 5) is 0. The maximum atomic E-state index is 5.79. The third-order valence-electron chi connectivity index (χ3n) is 2.43. The van der Waals surface area contributed by atoms with E-state index >= 15 is 0 Å². The van der Waals surface area contributed by atoms with E-state index < -0.39 is 8.80 Å². The van der Waals surface area contributed by atoms with Gasteiger partial charge in [0, 0.05) is 54.5 Å². The summed E-state index contributed by atoms with van der Waals surface area (Å²) in [5, 5.41) is 0. The van der Waals surface area contributed by atoms with Gasteiger partial charge in [-0.3, -0.25) is 0 Å². The maximum Gasteiger partial charge on any atom is 0.500 e. The van der Waals surface area contributed by atoms with Gasteiger partial charge in [0.2, 0.25) is 0 Å². The Bertz CT molecular complexity index is 147. The Labute approximate surface area is 130 Å². The topological polar surface area (TPSA) is 27.7 Å². The van der Waals surface area contributed by atoms with Gasteiger partial charge in [-0.15, -0.1) is 0 Å². The van der Waals surface area contributed by atoms with Gasteiger partial charge in [0.25, 0.3) is 0 Å². The van der Waals surface area contributed by atoms with Crippen LogP contribution in [0.1, 0.15) is 53.4 Å². The van der Waals surface area contributed by atoms with E-state index in [0.717, 1.165) is 12.5 Å². The Kier molecular flexibility index (Phi) is 21.1. The number of rotatable bonds is 11. The fraction of sp³-hybridized carbons (Fsp3) is 1.00. The van der Waals surface area contributed by atoms with E-state index in [1.807, 2.05) is 20.8 Å².